The van der Waals surface area contributed by atoms with Crippen molar-refractivity contribution >= 4 is 22.9 Å². The lowest BCUT2D eigenvalue weighted by molar-refractivity contribution is -0.143. The molecule has 0 radical (unpaired) electrons. The van der Waals surface area contributed by atoms with Crippen molar-refractivity contribution in [1.29, 1.82) is 0 Å². The Morgan fingerprint density at radius 2 is 1.47 bits per heavy atom. The summed E-state index contributed by atoms with van der Waals surface area (Å²) >= 11 is 0. The first kappa shape index (κ1) is 32.0. The molecule has 0 spiro atoms. The van der Waals surface area contributed by atoms with Crippen LogP contribution < -0.4 is 14.8 Å². The van der Waals surface area contributed by atoms with Crippen molar-refractivity contribution in [2.75, 3.05) is 26.1 Å². The third-order valence-corrected chi connectivity index (χ3v) is 9.25. The number of rotatable bonds is 10. The summed E-state index contributed by atoms with van der Waals surface area (Å²) in [4.78, 5) is 27.1. The van der Waals surface area contributed by atoms with Gasteiger partial charge in [0.05, 0.1) is 33.3 Å². The van der Waals surface area contributed by atoms with E-state index in [1.54, 1.807) is 49.4 Å². The number of fused-ring (bicyclic) bond motifs is 1. The molecule has 1 amide bonds. The van der Waals surface area contributed by atoms with E-state index < -0.39 is 30.0 Å². The highest BCUT2D eigenvalue weighted by atomic mass is 16.6. The molecule has 1 fully saturated rings. The second kappa shape index (κ2) is 13.1. The fourth-order valence-corrected chi connectivity index (χ4v) is 7.19. The van der Waals surface area contributed by atoms with E-state index in [0.29, 0.717) is 39.4 Å². The molecule has 11 heteroatoms. The Hall–Kier alpha value is -5.62. The lowest BCUT2D eigenvalue weighted by Gasteiger charge is -2.50. The number of hydrogen-bond donors (Lipinski definition) is 3. The van der Waals surface area contributed by atoms with Crippen LogP contribution in [0, 0.1) is 0 Å². The minimum absolute atomic E-state index is 0.00953. The van der Waals surface area contributed by atoms with Crippen molar-refractivity contribution in [3.8, 4) is 11.5 Å². The SMILES string of the molecule is COc1ccccc1C(c1ccccc1)(c1ccccc1OC)[C@]1(n2cnc3c(NC(=O)c4ccccc4)ncnc32)C[C@H](O)[C@@H](CO)O1. The summed E-state index contributed by atoms with van der Waals surface area (Å²) in [7, 11) is 3.21. The summed E-state index contributed by atoms with van der Waals surface area (Å²) in [6, 6.07) is 33.8. The first-order chi connectivity index (χ1) is 24.0. The predicted molar refractivity (Wildman–Crippen MR) is 183 cm³/mol. The van der Waals surface area contributed by atoms with Crippen molar-refractivity contribution < 1.29 is 29.2 Å². The van der Waals surface area contributed by atoms with Gasteiger partial charge in [0.1, 0.15) is 29.3 Å². The van der Waals surface area contributed by atoms with Crippen molar-refractivity contribution in [3.05, 3.63) is 144 Å². The minimum Gasteiger partial charge on any atom is -0.496 e. The van der Waals surface area contributed by atoms with E-state index in [1.807, 2.05) is 84.9 Å². The molecule has 3 heterocycles. The zero-order valence-corrected chi connectivity index (χ0v) is 26.9. The molecule has 3 atom stereocenters. The van der Waals surface area contributed by atoms with Crippen LogP contribution in [0.2, 0.25) is 0 Å². The molecule has 49 heavy (non-hydrogen) atoms. The summed E-state index contributed by atoms with van der Waals surface area (Å²) in [6.45, 7) is -0.453. The maximum absolute atomic E-state index is 13.2. The van der Waals surface area contributed by atoms with Crippen LogP contribution >= 0.6 is 0 Å². The van der Waals surface area contributed by atoms with Crippen LogP contribution in [-0.2, 0) is 15.9 Å². The van der Waals surface area contributed by atoms with Crippen LogP contribution in [0.4, 0.5) is 5.82 Å². The molecule has 6 aromatic rings. The fraction of sp³-hybridized carbons (Fsp3) is 0.211. The number of aliphatic hydroxyl groups is 2. The van der Waals surface area contributed by atoms with Crippen molar-refractivity contribution in [2.45, 2.75) is 29.8 Å². The molecule has 2 aromatic heterocycles. The molecule has 3 N–H and O–H groups in total. The molecular weight excluding hydrogens is 622 g/mol. The molecule has 1 aliphatic heterocycles. The number of nitrogens with zero attached hydrogens (tertiary/aromatic N) is 4. The number of methoxy groups -OCH3 is 2. The topological polar surface area (TPSA) is 141 Å². The Kier molecular flexibility index (Phi) is 8.55. The van der Waals surface area contributed by atoms with Crippen molar-refractivity contribution in [3.63, 3.8) is 0 Å². The third-order valence-electron chi connectivity index (χ3n) is 9.25. The number of nitrogens with one attached hydrogen (secondary N) is 1. The number of carbonyl (C=O) groups is 1. The molecule has 4 aromatic carbocycles. The molecule has 1 aliphatic rings. The van der Waals surface area contributed by atoms with Gasteiger partial charge in [-0.05, 0) is 29.8 Å². The zero-order chi connectivity index (χ0) is 34.0. The maximum atomic E-state index is 13.2. The van der Waals surface area contributed by atoms with E-state index >= 15 is 0 Å². The summed E-state index contributed by atoms with van der Waals surface area (Å²) in [6.07, 6.45) is 0.829. The number of amides is 1. The Labute approximate surface area is 282 Å². The van der Waals surface area contributed by atoms with Gasteiger partial charge < -0.3 is 29.7 Å². The minimum atomic E-state index is -1.58. The van der Waals surface area contributed by atoms with Crippen LogP contribution in [0.3, 0.4) is 0 Å². The number of aromatic nitrogens is 4. The van der Waals surface area contributed by atoms with Gasteiger partial charge in [0, 0.05) is 23.1 Å². The van der Waals surface area contributed by atoms with Gasteiger partial charge in [-0.3, -0.25) is 9.36 Å². The van der Waals surface area contributed by atoms with Gasteiger partial charge in [0.25, 0.3) is 5.91 Å². The fourth-order valence-electron chi connectivity index (χ4n) is 7.19. The van der Waals surface area contributed by atoms with Gasteiger partial charge in [-0.2, -0.15) is 0 Å². The third kappa shape index (κ3) is 5.10. The van der Waals surface area contributed by atoms with Gasteiger partial charge in [-0.15, -0.1) is 0 Å². The first-order valence-corrected chi connectivity index (χ1v) is 15.8. The van der Waals surface area contributed by atoms with Gasteiger partial charge in [-0.1, -0.05) is 84.9 Å². The highest BCUT2D eigenvalue weighted by molar-refractivity contribution is 6.06. The lowest BCUT2D eigenvalue weighted by atomic mass is 9.61. The number of anilines is 1. The molecule has 0 bridgehead atoms. The van der Waals surface area contributed by atoms with Gasteiger partial charge >= 0.3 is 0 Å². The smallest absolute Gasteiger partial charge is 0.256 e. The Balaban J connectivity index is 1.59. The predicted octanol–water partition coefficient (Wildman–Crippen LogP) is 4.93. The summed E-state index contributed by atoms with van der Waals surface area (Å²) in [5, 5.41) is 25.1. The monoisotopic (exact) mass is 657 g/mol. The number of benzene rings is 4. The van der Waals surface area contributed by atoms with E-state index in [0.717, 1.165) is 5.56 Å². The van der Waals surface area contributed by atoms with Crippen LogP contribution in [-0.4, -0.2) is 68.7 Å². The average molecular weight is 658 g/mol. The zero-order valence-electron chi connectivity index (χ0n) is 26.9. The van der Waals surface area contributed by atoms with E-state index in [-0.39, 0.29) is 18.1 Å². The molecule has 248 valence electrons. The van der Waals surface area contributed by atoms with Gasteiger partial charge in [0.2, 0.25) is 0 Å². The van der Waals surface area contributed by atoms with Crippen molar-refractivity contribution in [2.24, 2.45) is 0 Å². The Bertz CT molecular complexity index is 2040. The number of ether oxygens (including phenoxy) is 3. The summed E-state index contributed by atoms with van der Waals surface area (Å²) in [5.74, 6) is 0.943. The van der Waals surface area contributed by atoms with Gasteiger partial charge in [0.15, 0.2) is 22.7 Å². The second-order valence-corrected chi connectivity index (χ2v) is 11.7. The molecule has 1 saturated heterocycles. The molecule has 0 saturated carbocycles. The Morgan fingerprint density at radius 3 is 2.06 bits per heavy atom. The van der Waals surface area contributed by atoms with Crippen molar-refractivity contribution in [1.82, 2.24) is 19.5 Å². The highest BCUT2D eigenvalue weighted by Crippen LogP contribution is 2.60. The molecule has 11 nitrogen and oxygen atoms in total. The molecular formula is C38H35N5O6. The quantitative estimate of drug-likeness (QED) is 0.175. The van der Waals surface area contributed by atoms with E-state index in [9.17, 15) is 15.0 Å². The van der Waals surface area contributed by atoms with E-state index in [2.05, 4.69) is 15.3 Å². The largest absolute Gasteiger partial charge is 0.496 e. The number of imidazole rings is 1. The Morgan fingerprint density at radius 1 is 0.878 bits per heavy atom. The molecule has 7 rings (SSSR count). The number of para-hydroxylation sites is 2. The van der Waals surface area contributed by atoms with E-state index in [1.165, 1.54) is 6.33 Å². The lowest BCUT2D eigenvalue weighted by Crippen LogP contribution is -2.55. The van der Waals surface area contributed by atoms with Crippen LogP contribution in [0.5, 0.6) is 11.5 Å². The first-order valence-electron chi connectivity index (χ1n) is 15.8. The normalized spacial score (nSPS) is 19.1. The number of hydrogen-bond acceptors (Lipinski definition) is 9. The average Bonchev–Trinajstić information content (AvgIpc) is 3.75. The van der Waals surface area contributed by atoms with Crippen LogP contribution in [0.25, 0.3) is 11.2 Å². The number of carbonyl (C=O) groups excluding carboxylic acids is 1. The van der Waals surface area contributed by atoms with E-state index in [4.69, 9.17) is 19.2 Å². The standard InChI is InChI=1S/C38H35N5O6/c1-47-30-19-11-9-17-27(30)38(26-15-7-4-8-16-26,28-18-10-12-20-31(28)48-2)37(21-29(45)32(22-44)49-37)43-24-41-33-34(39-23-40-35(33)43)42-36(46)25-13-5-3-6-14-25/h3-20,23-24,29,32,44-45H,21-22H2,1-2H3,(H,39,40,42,46)/t29-,32+,37-/m0/s1. The summed E-state index contributed by atoms with van der Waals surface area (Å²) in [5.41, 5.74) is 0.350. The molecule has 0 aliphatic carbocycles. The summed E-state index contributed by atoms with van der Waals surface area (Å²) < 4.78 is 20.9. The number of aliphatic hydroxyl groups excluding tert-OH is 2. The maximum Gasteiger partial charge on any atom is 0.256 e. The highest BCUT2D eigenvalue weighted by Gasteiger charge is 2.65. The second-order valence-electron chi connectivity index (χ2n) is 11.7. The molecule has 0 unspecified atom stereocenters. The van der Waals surface area contributed by atoms with Gasteiger partial charge in [-0.25, -0.2) is 15.0 Å². The van der Waals surface area contributed by atoms with Crippen LogP contribution in [0.1, 0.15) is 33.5 Å². The van der Waals surface area contributed by atoms with Crippen LogP contribution in [0.15, 0.2) is 122 Å².